The number of benzene rings is 1. The molecule has 0 spiro atoms. The number of ether oxygens (including phenoxy) is 2. The van der Waals surface area contributed by atoms with Crippen LogP contribution in [-0.4, -0.2) is 35.0 Å². The van der Waals surface area contributed by atoms with Gasteiger partial charge in [0.25, 0.3) is 0 Å². The second-order valence-corrected chi connectivity index (χ2v) is 12.7. The van der Waals surface area contributed by atoms with Gasteiger partial charge in [-0.15, -0.1) is 0 Å². The monoisotopic (exact) mass is 536 g/mol. The SMILES string of the molecule is CCOC(=O)O[C@]1(C(C)=O)CC[C@H]2[C@@H]3CCC4=CC(=O)CC[C@@]4(C)[C@@H]3CC[C@@]21CCCc1ccc(CO)cc1. The Labute approximate surface area is 232 Å². The lowest BCUT2D eigenvalue weighted by Gasteiger charge is -2.60. The van der Waals surface area contributed by atoms with Gasteiger partial charge in [0.1, 0.15) is 0 Å². The Morgan fingerprint density at radius 3 is 2.41 bits per heavy atom. The summed E-state index contributed by atoms with van der Waals surface area (Å²) in [5.41, 5.74) is 1.90. The molecule has 0 unspecified atom stereocenters. The lowest BCUT2D eigenvalue weighted by Crippen LogP contribution is -2.60. The number of Topliss-reactive ketones (excluding diaryl/α,β-unsaturated/α-hetero) is 1. The molecule has 6 heteroatoms. The van der Waals surface area contributed by atoms with Crippen LogP contribution in [0.3, 0.4) is 0 Å². The fraction of sp³-hybridized carbons (Fsp3) is 0.667. The Balaban J connectivity index is 1.47. The number of carbonyl (C=O) groups is 3. The van der Waals surface area contributed by atoms with Crippen LogP contribution in [0.15, 0.2) is 35.9 Å². The molecule has 3 saturated carbocycles. The predicted molar refractivity (Wildman–Crippen MR) is 148 cm³/mol. The molecule has 39 heavy (non-hydrogen) atoms. The van der Waals surface area contributed by atoms with Crippen molar-refractivity contribution in [1.82, 2.24) is 0 Å². The van der Waals surface area contributed by atoms with Crippen molar-refractivity contribution in [2.24, 2.45) is 28.6 Å². The van der Waals surface area contributed by atoms with Crippen LogP contribution in [0.4, 0.5) is 4.79 Å². The minimum absolute atomic E-state index is 0.0317. The number of carbonyl (C=O) groups excluding carboxylic acids is 3. The molecule has 0 heterocycles. The number of allylic oxidation sites excluding steroid dienone is 1. The van der Waals surface area contributed by atoms with E-state index in [0.29, 0.717) is 30.6 Å². The minimum atomic E-state index is -1.16. The Morgan fingerprint density at radius 2 is 1.72 bits per heavy atom. The fourth-order valence-corrected chi connectivity index (χ4v) is 9.35. The second-order valence-electron chi connectivity index (χ2n) is 12.7. The summed E-state index contributed by atoms with van der Waals surface area (Å²) >= 11 is 0. The van der Waals surface area contributed by atoms with E-state index in [-0.39, 0.29) is 30.2 Å². The molecule has 1 aromatic rings. The smallest absolute Gasteiger partial charge is 0.435 e. The maximum absolute atomic E-state index is 13.6. The summed E-state index contributed by atoms with van der Waals surface area (Å²) in [7, 11) is 0. The van der Waals surface area contributed by atoms with Crippen LogP contribution in [0.1, 0.15) is 96.1 Å². The van der Waals surface area contributed by atoms with Crippen LogP contribution >= 0.6 is 0 Å². The summed E-state index contributed by atoms with van der Waals surface area (Å²) in [4.78, 5) is 38.6. The molecule has 1 aromatic carbocycles. The van der Waals surface area contributed by atoms with Crippen LogP contribution < -0.4 is 0 Å². The van der Waals surface area contributed by atoms with Crippen molar-refractivity contribution in [3.05, 3.63) is 47.0 Å². The quantitative estimate of drug-likeness (QED) is 0.381. The third kappa shape index (κ3) is 4.67. The highest BCUT2D eigenvalue weighted by molar-refractivity contribution is 5.91. The highest BCUT2D eigenvalue weighted by Gasteiger charge is 2.69. The Bertz CT molecular complexity index is 1140. The van der Waals surface area contributed by atoms with E-state index in [1.807, 2.05) is 18.2 Å². The first-order chi connectivity index (χ1) is 18.7. The largest absolute Gasteiger partial charge is 0.509 e. The average Bonchev–Trinajstić information content (AvgIpc) is 3.25. The molecule has 6 atom stereocenters. The Kier molecular flexibility index (Phi) is 7.80. The molecule has 0 radical (unpaired) electrons. The van der Waals surface area contributed by atoms with Gasteiger partial charge in [-0.3, -0.25) is 9.59 Å². The number of hydrogen-bond donors (Lipinski definition) is 1. The Morgan fingerprint density at radius 1 is 1.00 bits per heavy atom. The highest BCUT2D eigenvalue weighted by Crippen LogP contribution is 2.70. The number of fused-ring (bicyclic) bond motifs is 5. The zero-order chi connectivity index (χ0) is 27.8. The number of aryl methyl sites for hydroxylation is 1. The maximum atomic E-state index is 13.6. The van der Waals surface area contributed by atoms with Crippen LogP contribution in [-0.2, 0) is 32.1 Å². The van der Waals surface area contributed by atoms with Gasteiger partial charge in [0.05, 0.1) is 13.2 Å². The molecular formula is C33H44O6. The van der Waals surface area contributed by atoms with Crippen LogP contribution in [0.5, 0.6) is 0 Å². The van der Waals surface area contributed by atoms with Crippen molar-refractivity contribution in [1.29, 1.82) is 0 Å². The first-order valence-corrected chi connectivity index (χ1v) is 15.0. The van der Waals surface area contributed by atoms with E-state index in [2.05, 4.69) is 19.1 Å². The maximum Gasteiger partial charge on any atom is 0.509 e. The molecular weight excluding hydrogens is 492 g/mol. The molecule has 4 aliphatic carbocycles. The van der Waals surface area contributed by atoms with Gasteiger partial charge < -0.3 is 14.6 Å². The van der Waals surface area contributed by atoms with Crippen molar-refractivity contribution in [2.75, 3.05) is 6.61 Å². The summed E-state index contributed by atoms with van der Waals surface area (Å²) in [5.74, 6) is 1.43. The minimum Gasteiger partial charge on any atom is -0.435 e. The fourth-order valence-electron chi connectivity index (χ4n) is 9.35. The van der Waals surface area contributed by atoms with E-state index in [9.17, 15) is 19.5 Å². The average molecular weight is 537 g/mol. The van der Waals surface area contributed by atoms with Gasteiger partial charge in [0, 0.05) is 11.8 Å². The van der Waals surface area contributed by atoms with E-state index >= 15 is 0 Å². The first-order valence-electron chi connectivity index (χ1n) is 15.0. The molecule has 0 bridgehead atoms. The first kappa shape index (κ1) is 28.1. The summed E-state index contributed by atoms with van der Waals surface area (Å²) in [6.45, 7) is 5.96. The number of aliphatic hydroxyl groups excluding tert-OH is 1. The van der Waals surface area contributed by atoms with Gasteiger partial charge in [-0.05, 0) is 118 Å². The van der Waals surface area contributed by atoms with E-state index in [1.54, 1.807) is 13.8 Å². The third-order valence-electron chi connectivity index (χ3n) is 11.2. The highest BCUT2D eigenvalue weighted by atomic mass is 16.7. The zero-order valence-corrected chi connectivity index (χ0v) is 23.8. The summed E-state index contributed by atoms with van der Waals surface area (Å²) < 4.78 is 11.4. The topological polar surface area (TPSA) is 89.9 Å². The van der Waals surface area contributed by atoms with E-state index < -0.39 is 17.2 Å². The van der Waals surface area contributed by atoms with E-state index in [1.165, 1.54) is 11.1 Å². The van der Waals surface area contributed by atoms with Crippen LogP contribution in [0, 0.1) is 28.6 Å². The Hall–Kier alpha value is -2.47. The molecule has 0 aromatic heterocycles. The molecule has 6 nitrogen and oxygen atoms in total. The molecule has 3 fully saturated rings. The van der Waals surface area contributed by atoms with Crippen molar-refractivity contribution in [2.45, 2.75) is 104 Å². The number of hydrogen-bond acceptors (Lipinski definition) is 6. The van der Waals surface area contributed by atoms with Crippen LogP contribution in [0.25, 0.3) is 0 Å². The van der Waals surface area contributed by atoms with E-state index in [4.69, 9.17) is 9.47 Å². The van der Waals surface area contributed by atoms with Gasteiger partial charge in [-0.2, -0.15) is 0 Å². The van der Waals surface area contributed by atoms with Crippen molar-refractivity contribution in [3.63, 3.8) is 0 Å². The van der Waals surface area contributed by atoms with E-state index in [0.717, 1.165) is 63.4 Å². The van der Waals surface area contributed by atoms with Crippen LogP contribution in [0.2, 0.25) is 0 Å². The predicted octanol–water partition coefficient (Wildman–Crippen LogP) is 6.51. The molecule has 4 aliphatic rings. The number of rotatable bonds is 8. The zero-order valence-electron chi connectivity index (χ0n) is 23.8. The molecule has 5 rings (SSSR count). The second kappa shape index (κ2) is 10.8. The van der Waals surface area contributed by atoms with Gasteiger partial charge in [-0.25, -0.2) is 4.79 Å². The standard InChI is InChI=1S/C33H44O6/c1-4-38-30(37)39-33(22(2)35)19-15-29-27-12-11-25-20-26(36)13-17-31(25,3)28(27)14-18-32(29,33)16-5-6-23-7-9-24(21-34)10-8-23/h7-10,20,27-29,34H,4-6,11-19,21H2,1-3H3/t27-,28-,29+,31-,32+,33+/m1/s1. The molecule has 0 saturated heterocycles. The molecule has 0 amide bonds. The third-order valence-corrected chi connectivity index (χ3v) is 11.2. The van der Waals surface area contributed by atoms with Gasteiger partial charge >= 0.3 is 6.16 Å². The molecule has 212 valence electrons. The lowest BCUT2D eigenvalue weighted by atomic mass is 9.45. The van der Waals surface area contributed by atoms with Gasteiger partial charge in [0.15, 0.2) is 17.2 Å². The molecule has 0 aliphatic heterocycles. The normalized spacial score (nSPS) is 35.3. The van der Waals surface area contributed by atoms with Crippen molar-refractivity contribution >= 4 is 17.7 Å². The summed E-state index contributed by atoms with van der Waals surface area (Å²) in [5, 5.41) is 9.39. The van der Waals surface area contributed by atoms with Crippen molar-refractivity contribution < 1.29 is 29.0 Å². The summed E-state index contributed by atoms with van der Waals surface area (Å²) in [6.07, 6.45) is 10.5. The number of ketones is 2. The number of aliphatic hydroxyl groups is 1. The van der Waals surface area contributed by atoms with Gasteiger partial charge in [-0.1, -0.05) is 36.8 Å². The van der Waals surface area contributed by atoms with Crippen molar-refractivity contribution in [3.8, 4) is 0 Å². The van der Waals surface area contributed by atoms with Gasteiger partial charge in [0.2, 0.25) is 0 Å². The lowest BCUT2D eigenvalue weighted by molar-refractivity contribution is -0.172. The summed E-state index contributed by atoms with van der Waals surface area (Å²) in [6, 6.07) is 8.06. The molecule has 1 N–H and O–H groups in total.